The summed E-state index contributed by atoms with van der Waals surface area (Å²) in [5.41, 5.74) is 8.03. The van der Waals surface area contributed by atoms with Gasteiger partial charge in [-0.05, 0) is 36.6 Å². The Labute approximate surface area is 124 Å². The first-order valence-electron chi connectivity index (χ1n) is 7.13. The van der Waals surface area contributed by atoms with E-state index in [9.17, 15) is 0 Å². The summed E-state index contributed by atoms with van der Waals surface area (Å²) >= 11 is 0. The molecular formula is C18H18N2O. The first-order chi connectivity index (χ1) is 10.3. The summed E-state index contributed by atoms with van der Waals surface area (Å²) in [7, 11) is 0. The van der Waals surface area contributed by atoms with Crippen molar-refractivity contribution < 1.29 is 4.74 Å². The molecule has 1 heterocycles. The molecule has 0 aliphatic heterocycles. The van der Waals surface area contributed by atoms with Gasteiger partial charge in [0.25, 0.3) is 0 Å². The fourth-order valence-electron chi connectivity index (χ4n) is 2.41. The van der Waals surface area contributed by atoms with E-state index in [4.69, 9.17) is 10.5 Å². The highest BCUT2D eigenvalue weighted by atomic mass is 16.5. The molecule has 0 spiro atoms. The number of nitrogen functional groups attached to an aromatic ring is 1. The van der Waals surface area contributed by atoms with Gasteiger partial charge >= 0.3 is 0 Å². The third-order valence-corrected chi connectivity index (χ3v) is 3.52. The van der Waals surface area contributed by atoms with Crippen LogP contribution in [-0.2, 0) is 6.42 Å². The highest BCUT2D eigenvalue weighted by Crippen LogP contribution is 2.29. The molecule has 0 bridgehead atoms. The maximum atomic E-state index is 5.96. The summed E-state index contributed by atoms with van der Waals surface area (Å²) in [5.74, 6) is 0.870. The van der Waals surface area contributed by atoms with Crippen molar-refractivity contribution >= 4 is 16.5 Å². The lowest BCUT2D eigenvalue weighted by molar-refractivity contribution is 0.314. The summed E-state index contributed by atoms with van der Waals surface area (Å²) in [6.07, 6.45) is 5.55. The predicted molar refractivity (Wildman–Crippen MR) is 86.4 cm³/mol. The van der Waals surface area contributed by atoms with Crippen molar-refractivity contribution in [2.24, 2.45) is 0 Å². The highest BCUT2D eigenvalue weighted by Gasteiger charge is 2.05. The van der Waals surface area contributed by atoms with Crippen LogP contribution in [0.5, 0.6) is 5.75 Å². The average Bonchev–Trinajstić information content (AvgIpc) is 2.55. The van der Waals surface area contributed by atoms with Crippen molar-refractivity contribution in [3.05, 3.63) is 66.5 Å². The van der Waals surface area contributed by atoms with E-state index in [1.54, 1.807) is 12.4 Å². The monoisotopic (exact) mass is 278 g/mol. The van der Waals surface area contributed by atoms with E-state index in [1.165, 1.54) is 5.56 Å². The smallest absolute Gasteiger partial charge is 0.127 e. The SMILES string of the molecule is Nc1ccc(OCCCc2ccccc2)c2ccncc12. The second kappa shape index (κ2) is 6.27. The molecule has 1 aromatic heterocycles. The van der Waals surface area contributed by atoms with Crippen LogP contribution >= 0.6 is 0 Å². The van der Waals surface area contributed by atoms with Gasteiger partial charge in [-0.1, -0.05) is 30.3 Å². The van der Waals surface area contributed by atoms with Crippen LogP contribution in [-0.4, -0.2) is 11.6 Å². The minimum atomic E-state index is 0.691. The molecule has 21 heavy (non-hydrogen) atoms. The number of pyridine rings is 1. The van der Waals surface area contributed by atoms with Crippen LogP contribution in [0, 0.1) is 0 Å². The molecule has 3 aromatic rings. The standard InChI is InChI=1S/C18H18N2O/c19-17-8-9-18(15-10-11-20-13-16(15)17)21-12-4-7-14-5-2-1-3-6-14/h1-3,5-6,8-11,13H,4,7,12,19H2. The van der Waals surface area contributed by atoms with Crippen molar-refractivity contribution in [3.8, 4) is 5.75 Å². The Kier molecular flexibility index (Phi) is 4.01. The first-order valence-corrected chi connectivity index (χ1v) is 7.13. The third kappa shape index (κ3) is 3.14. The summed E-state index contributed by atoms with van der Waals surface area (Å²) < 4.78 is 5.91. The second-order valence-corrected chi connectivity index (χ2v) is 5.01. The lowest BCUT2D eigenvalue weighted by Crippen LogP contribution is -2.00. The molecule has 0 saturated carbocycles. The Hall–Kier alpha value is -2.55. The fraction of sp³-hybridized carbons (Fsp3) is 0.167. The molecule has 0 fully saturated rings. The molecule has 0 saturated heterocycles. The fourth-order valence-corrected chi connectivity index (χ4v) is 2.41. The van der Waals surface area contributed by atoms with Gasteiger partial charge in [0, 0.05) is 28.9 Å². The number of hydrogen-bond donors (Lipinski definition) is 1. The van der Waals surface area contributed by atoms with E-state index in [1.807, 2.05) is 24.3 Å². The summed E-state index contributed by atoms with van der Waals surface area (Å²) in [6, 6.07) is 16.2. The Morgan fingerprint density at radius 3 is 2.67 bits per heavy atom. The van der Waals surface area contributed by atoms with Gasteiger partial charge in [-0.25, -0.2) is 0 Å². The Bertz CT molecular complexity index is 726. The maximum Gasteiger partial charge on any atom is 0.127 e. The minimum Gasteiger partial charge on any atom is -0.493 e. The van der Waals surface area contributed by atoms with E-state index in [2.05, 4.69) is 29.2 Å². The summed E-state index contributed by atoms with van der Waals surface area (Å²) in [5, 5.41) is 1.96. The van der Waals surface area contributed by atoms with Gasteiger partial charge in [-0.2, -0.15) is 0 Å². The molecule has 0 amide bonds. The van der Waals surface area contributed by atoms with Gasteiger partial charge in [-0.3, -0.25) is 4.98 Å². The quantitative estimate of drug-likeness (QED) is 0.570. The van der Waals surface area contributed by atoms with Gasteiger partial charge in [-0.15, -0.1) is 0 Å². The van der Waals surface area contributed by atoms with Crippen LogP contribution in [0.1, 0.15) is 12.0 Å². The van der Waals surface area contributed by atoms with E-state index < -0.39 is 0 Å². The van der Waals surface area contributed by atoms with Gasteiger partial charge in [0.15, 0.2) is 0 Å². The molecule has 3 nitrogen and oxygen atoms in total. The number of nitrogens with zero attached hydrogens (tertiary/aromatic N) is 1. The van der Waals surface area contributed by atoms with Gasteiger partial charge in [0.1, 0.15) is 5.75 Å². The maximum absolute atomic E-state index is 5.96. The molecule has 0 unspecified atom stereocenters. The summed E-state index contributed by atoms with van der Waals surface area (Å²) in [6.45, 7) is 0.691. The van der Waals surface area contributed by atoms with E-state index in [0.29, 0.717) is 6.61 Å². The molecule has 2 N–H and O–H groups in total. The number of ether oxygens (including phenoxy) is 1. The van der Waals surface area contributed by atoms with E-state index >= 15 is 0 Å². The second-order valence-electron chi connectivity index (χ2n) is 5.01. The molecule has 0 radical (unpaired) electrons. The summed E-state index contributed by atoms with van der Waals surface area (Å²) in [4.78, 5) is 4.12. The largest absolute Gasteiger partial charge is 0.493 e. The zero-order valence-electron chi connectivity index (χ0n) is 11.8. The van der Waals surface area contributed by atoms with Crippen LogP contribution in [0.4, 0.5) is 5.69 Å². The van der Waals surface area contributed by atoms with Crippen molar-refractivity contribution in [3.63, 3.8) is 0 Å². The number of aryl methyl sites for hydroxylation is 1. The van der Waals surface area contributed by atoms with Crippen molar-refractivity contribution in [2.75, 3.05) is 12.3 Å². The average molecular weight is 278 g/mol. The van der Waals surface area contributed by atoms with Crippen LogP contribution in [0.15, 0.2) is 60.9 Å². The topological polar surface area (TPSA) is 48.1 Å². The molecule has 3 heteroatoms. The van der Waals surface area contributed by atoms with E-state index in [-0.39, 0.29) is 0 Å². The van der Waals surface area contributed by atoms with Gasteiger partial charge in [0.05, 0.1) is 6.61 Å². The molecule has 0 aliphatic rings. The number of nitrogens with two attached hydrogens (primary N) is 1. The lowest BCUT2D eigenvalue weighted by atomic mass is 10.1. The van der Waals surface area contributed by atoms with Gasteiger partial charge in [0.2, 0.25) is 0 Å². The Balaban J connectivity index is 1.65. The van der Waals surface area contributed by atoms with E-state index in [0.717, 1.165) is 35.1 Å². The number of benzene rings is 2. The molecular weight excluding hydrogens is 260 g/mol. The lowest BCUT2D eigenvalue weighted by Gasteiger charge is -2.10. The van der Waals surface area contributed by atoms with Crippen molar-refractivity contribution in [1.29, 1.82) is 0 Å². The highest BCUT2D eigenvalue weighted by molar-refractivity contribution is 5.96. The first kappa shape index (κ1) is 13.4. The zero-order valence-corrected chi connectivity index (χ0v) is 11.8. The molecule has 0 atom stereocenters. The minimum absolute atomic E-state index is 0.691. The Morgan fingerprint density at radius 1 is 0.952 bits per heavy atom. The van der Waals surface area contributed by atoms with Gasteiger partial charge < -0.3 is 10.5 Å². The van der Waals surface area contributed by atoms with Crippen LogP contribution in [0.25, 0.3) is 10.8 Å². The third-order valence-electron chi connectivity index (χ3n) is 3.52. The number of rotatable bonds is 5. The molecule has 2 aromatic carbocycles. The molecule has 106 valence electrons. The number of hydrogen-bond acceptors (Lipinski definition) is 3. The Morgan fingerprint density at radius 2 is 1.81 bits per heavy atom. The number of fused-ring (bicyclic) bond motifs is 1. The number of aromatic nitrogens is 1. The predicted octanol–water partition coefficient (Wildman–Crippen LogP) is 3.83. The van der Waals surface area contributed by atoms with Crippen LogP contribution < -0.4 is 10.5 Å². The number of anilines is 1. The van der Waals surface area contributed by atoms with Crippen molar-refractivity contribution in [2.45, 2.75) is 12.8 Å². The zero-order chi connectivity index (χ0) is 14.5. The molecule has 0 aliphatic carbocycles. The van der Waals surface area contributed by atoms with Crippen LogP contribution in [0.3, 0.4) is 0 Å². The normalized spacial score (nSPS) is 10.7. The molecule has 3 rings (SSSR count). The van der Waals surface area contributed by atoms with Crippen LogP contribution in [0.2, 0.25) is 0 Å². The van der Waals surface area contributed by atoms with Crippen molar-refractivity contribution in [1.82, 2.24) is 4.98 Å².